The zero-order chi connectivity index (χ0) is 22.1. The first-order chi connectivity index (χ1) is 14.8. The summed E-state index contributed by atoms with van der Waals surface area (Å²) in [4.78, 5) is 17.6. The first-order valence-corrected chi connectivity index (χ1v) is 10.5. The van der Waals surface area contributed by atoms with E-state index < -0.39 is 5.91 Å². The van der Waals surface area contributed by atoms with Gasteiger partial charge in [0.1, 0.15) is 0 Å². The van der Waals surface area contributed by atoms with Gasteiger partial charge in [0.25, 0.3) is 5.91 Å². The molecule has 0 aliphatic carbocycles. The van der Waals surface area contributed by atoms with E-state index in [2.05, 4.69) is 15.4 Å². The van der Waals surface area contributed by atoms with Crippen LogP contribution in [0.5, 0.6) is 0 Å². The smallest absolute Gasteiger partial charge is 0.295 e. The summed E-state index contributed by atoms with van der Waals surface area (Å²) < 4.78 is 1.63. The zero-order valence-electron chi connectivity index (χ0n) is 17.3. The van der Waals surface area contributed by atoms with E-state index in [0.717, 1.165) is 33.6 Å². The van der Waals surface area contributed by atoms with Crippen LogP contribution in [0.4, 0.5) is 5.69 Å². The Balaban J connectivity index is 1.82. The molecule has 4 aromatic rings. The molecule has 1 heterocycles. The van der Waals surface area contributed by atoms with Gasteiger partial charge < -0.3 is 5.32 Å². The van der Waals surface area contributed by atoms with Gasteiger partial charge in [0.15, 0.2) is 5.82 Å². The van der Waals surface area contributed by atoms with Crippen LogP contribution in [0.15, 0.2) is 60.7 Å². The molecule has 156 valence electrons. The Labute approximate surface area is 190 Å². The van der Waals surface area contributed by atoms with Gasteiger partial charge in [-0.05, 0) is 67.8 Å². The maximum absolute atomic E-state index is 13.0. The van der Waals surface area contributed by atoms with Gasteiger partial charge in [-0.25, -0.2) is 9.67 Å². The number of amides is 1. The molecular weight excluding hydrogens is 431 g/mol. The van der Waals surface area contributed by atoms with E-state index in [1.54, 1.807) is 22.9 Å². The third kappa shape index (κ3) is 4.33. The molecule has 4 rings (SSSR count). The number of nitrogens with zero attached hydrogens (tertiary/aromatic N) is 3. The third-order valence-corrected chi connectivity index (χ3v) is 5.62. The molecule has 0 aliphatic heterocycles. The Bertz CT molecular complexity index is 1300. The van der Waals surface area contributed by atoms with Crippen molar-refractivity contribution in [1.29, 1.82) is 0 Å². The third-order valence-electron chi connectivity index (χ3n) is 5.15. The minimum Gasteiger partial charge on any atom is -0.319 e. The van der Waals surface area contributed by atoms with Crippen molar-refractivity contribution in [2.24, 2.45) is 0 Å². The highest BCUT2D eigenvalue weighted by atomic mass is 35.5. The SMILES string of the molecule is Cc1ccc(Cl)cc1-n1nc(C(=O)Nc2cccc(C)c2C)nc1-c1cccc(Cl)c1. The van der Waals surface area contributed by atoms with Crippen LogP contribution < -0.4 is 5.32 Å². The van der Waals surface area contributed by atoms with E-state index in [9.17, 15) is 4.79 Å². The second kappa shape index (κ2) is 8.53. The number of carbonyl (C=O) groups is 1. The first kappa shape index (κ1) is 21.1. The van der Waals surface area contributed by atoms with Gasteiger partial charge in [0, 0.05) is 21.3 Å². The summed E-state index contributed by atoms with van der Waals surface area (Å²) >= 11 is 12.4. The molecule has 0 unspecified atom stereocenters. The summed E-state index contributed by atoms with van der Waals surface area (Å²) in [6.45, 7) is 5.91. The molecule has 7 heteroatoms. The lowest BCUT2D eigenvalue weighted by atomic mass is 10.1. The number of aryl methyl sites for hydroxylation is 2. The number of halogens is 2. The Morgan fingerprint density at radius 1 is 0.903 bits per heavy atom. The minimum atomic E-state index is -0.393. The van der Waals surface area contributed by atoms with Crippen molar-refractivity contribution < 1.29 is 4.79 Å². The molecule has 0 saturated carbocycles. The van der Waals surface area contributed by atoms with E-state index in [1.165, 1.54) is 0 Å². The van der Waals surface area contributed by atoms with Gasteiger partial charge in [-0.15, -0.1) is 5.10 Å². The topological polar surface area (TPSA) is 59.8 Å². The fraction of sp³-hybridized carbons (Fsp3) is 0.125. The highest BCUT2D eigenvalue weighted by Crippen LogP contribution is 2.27. The summed E-state index contributed by atoms with van der Waals surface area (Å²) in [7, 11) is 0. The molecule has 0 bridgehead atoms. The Hall–Kier alpha value is -3.15. The quantitative estimate of drug-likeness (QED) is 0.390. The Morgan fingerprint density at radius 3 is 2.42 bits per heavy atom. The van der Waals surface area contributed by atoms with Crippen LogP contribution >= 0.6 is 23.2 Å². The number of benzene rings is 3. The second-order valence-electron chi connectivity index (χ2n) is 7.31. The summed E-state index contributed by atoms with van der Waals surface area (Å²) in [5.74, 6) is 0.157. The summed E-state index contributed by atoms with van der Waals surface area (Å²) in [6, 6.07) is 18.5. The van der Waals surface area contributed by atoms with Crippen molar-refractivity contribution in [3.8, 4) is 17.1 Å². The lowest BCUT2D eigenvalue weighted by Crippen LogP contribution is -2.15. The highest BCUT2D eigenvalue weighted by molar-refractivity contribution is 6.31. The molecule has 31 heavy (non-hydrogen) atoms. The lowest BCUT2D eigenvalue weighted by Gasteiger charge is -2.10. The molecule has 0 atom stereocenters. The maximum atomic E-state index is 13.0. The number of hydrogen-bond acceptors (Lipinski definition) is 3. The molecule has 1 N–H and O–H groups in total. The normalized spacial score (nSPS) is 10.9. The van der Waals surface area contributed by atoms with Gasteiger partial charge in [-0.1, -0.05) is 53.5 Å². The molecule has 3 aromatic carbocycles. The van der Waals surface area contributed by atoms with Gasteiger partial charge in [-0.3, -0.25) is 4.79 Å². The second-order valence-corrected chi connectivity index (χ2v) is 8.19. The molecule has 0 radical (unpaired) electrons. The van der Waals surface area contributed by atoms with Crippen LogP contribution in [-0.2, 0) is 0 Å². The van der Waals surface area contributed by atoms with E-state index in [0.29, 0.717) is 15.9 Å². The first-order valence-electron chi connectivity index (χ1n) is 9.70. The van der Waals surface area contributed by atoms with Crippen molar-refractivity contribution in [1.82, 2.24) is 14.8 Å². The Morgan fingerprint density at radius 2 is 1.65 bits per heavy atom. The molecule has 0 aliphatic rings. The van der Waals surface area contributed by atoms with Crippen molar-refractivity contribution in [2.75, 3.05) is 5.32 Å². The van der Waals surface area contributed by atoms with Crippen molar-refractivity contribution in [3.05, 3.63) is 93.2 Å². The van der Waals surface area contributed by atoms with E-state index in [4.69, 9.17) is 23.2 Å². The van der Waals surface area contributed by atoms with Crippen molar-refractivity contribution >= 4 is 34.8 Å². The van der Waals surface area contributed by atoms with Crippen LogP contribution in [0.2, 0.25) is 10.0 Å². The number of nitrogens with one attached hydrogen (secondary N) is 1. The van der Waals surface area contributed by atoms with Gasteiger partial charge in [0.05, 0.1) is 5.69 Å². The van der Waals surface area contributed by atoms with Crippen LogP contribution in [-0.4, -0.2) is 20.7 Å². The number of carbonyl (C=O) groups excluding carboxylic acids is 1. The number of hydrogen-bond donors (Lipinski definition) is 1. The Kier molecular flexibility index (Phi) is 5.81. The summed E-state index contributed by atoms with van der Waals surface area (Å²) in [5, 5.41) is 8.58. The van der Waals surface area contributed by atoms with Crippen LogP contribution in [0.1, 0.15) is 27.3 Å². The molecule has 0 spiro atoms. The van der Waals surface area contributed by atoms with Gasteiger partial charge in [-0.2, -0.15) is 0 Å². The summed E-state index contributed by atoms with van der Waals surface area (Å²) in [5.41, 5.74) is 5.23. The predicted octanol–water partition coefficient (Wildman–Crippen LogP) is 6.42. The fourth-order valence-corrected chi connectivity index (χ4v) is 3.62. The standard InChI is InChI=1S/C24H20Cl2N4O/c1-14-6-4-9-20(16(14)3)27-24(31)22-28-23(17-7-5-8-18(25)12-17)30(29-22)21-13-19(26)11-10-15(21)2/h4-13H,1-3H3,(H,27,31). The highest BCUT2D eigenvalue weighted by Gasteiger charge is 2.21. The van der Waals surface area contributed by atoms with Crippen LogP contribution in [0.3, 0.4) is 0 Å². The minimum absolute atomic E-state index is 0.0512. The van der Waals surface area contributed by atoms with Gasteiger partial charge >= 0.3 is 0 Å². The average Bonchev–Trinajstić information content (AvgIpc) is 3.18. The van der Waals surface area contributed by atoms with Crippen molar-refractivity contribution in [3.63, 3.8) is 0 Å². The monoisotopic (exact) mass is 450 g/mol. The van der Waals surface area contributed by atoms with Crippen molar-refractivity contribution in [2.45, 2.75) is 20.8 Å². The van der Waals surface area contributed by atoms with E-state index in [1.807, 2.05) is 63.2 Å². The fourth-order valence-electron chi connectivity index (χ4n) is 3.27. The van der Waals surface area contributed by atoms with E-state index in [-0.39, 0.29) is 5.82 Å². The number of rotatable bonds is 4. The number of aromatic nitrogens is 3. The molecule has 1 amide bonds. The number of anilines is 1. The maximum Gasteiger partial charge on any atom is 0.295 e. The average molecular weight is 451 g/mol. The van der Waals surface area contributed by atoms with Gasteiger partial charge in [0.2, 0.25) is 5.82 Å². The van der Waals surface area contributed by atoms with E-state index >= 15 is 0 Å². The predicted molar refractivity (Wildman–Crippen MR) is 125 cm³/mol. The van der Waals surface area contributed by atoms with Crippen LogP contribution in [0, 0.1) is 20.8 Å². The molecule has 0 fully saturated rings. The molecule has 5 nitrogen and oxygen atoms in total. The lowest BCUT2D eigenvalue weighted by molar-refractivity contribution is 0.101. The van der Waals surface area contributed by atoms with Crippen LogP contribution in [0.25, 0.3) is 17.1 Å². The summed E-state index contributed by atoms with van der Waals surface area (Å²) in [6.07, 6.45) is 0. The molecular formula is C24H20Cl2N4O. The molecule has 0 saturated heterocycles. The largest absolute Gasteiger partial charge is 0.319 e. The zero-order valence-corrected chi connectivity index (χ0v) is 18.8. The molecule has 1 aromatic heterocycles.